The van der Waals surface area contributed by atoms with Crippen LogP contribution in [0.3, 0.4) is 0 Å². The molecule has 1 saturated heterocycles. The molecule has 1 aliphatic heterocycles. The molecule has 0 amide bonds. The van der Waals surface area contributed by atoms with Gasteiger partial charge >= 0.3 is 0 Å². The van der Waals surface area contributed by atoms with Crippen molar-refractivity contribution in [3.8, 4) is 0 Å². The largest absolute Gasteiger partial charge is 0.289 e. The Morgan fingerprint density at radius 3 is 2.53 bits per heavy atom. The fraction of sp³-hybridized carbons (Fsp3) is 0.882. The third-order valence-electron chi connectivity index (χ3n) is 5.74. The average Bonchev–Trinajstić information content (AvgIpc) is 3.11. The quantitative estimate of drug-likeness (QED) is 0.701. The van der Waals surface area contributed by atoms with Gasteiger partial charge in [-0.15, -0.1) is 6.58 Å². The van der Waals surface area contributed by atoms with Gasteiger partial charge in [0, 0.05) is 26.2 Å². The molecule has 0 aromatic carbocycles. The summed E-state index contributed by atoms with van der Waals surface area (Å²) in [6.45, 7) is 9.99. The number of hydrogen-bond donors (Lipinski definition) is 0. The van der Waals surface area contributed by atoms with Crippen LogP contribution in [0.4, 0.5) is 0 Å². The van der Waals surface area contributed by atoms with E-state index in [2.05, 4.69) is 16.4 Å². The molecule has 0 aromatic rings. The first-order valence-electron chi connectivity index (χ1n) is 8.42. The van der Waals surface area contributed by atoms with Crippen LogP contribution < -0.4 is 0 Å². The van der Waals surface area contributed by atoms with E-state index < -0.39 is 0 Å². The first kappa shape index (κ1) is 13.6. The maximum Gasteiger partial charge on any atom is 0.0510 e. The van der Waals surface area contributed by atoms with Crippen molar-refractivity contribution >= 4 is 0 Å². The van der Waals surface area contributed by atoms with Gasteiger partial charge in [0.25, 0.3) is 0 Å². The molecule has 2 atom stereocenters. The van der Waals surface area contributed by atoms with Gasteiger partial charge in [-0.25, -0.2) is 0 Å². The number of rotatable bonds is 5. The van der Waals surface area contributed by atoms with Crippen molar-refractivity contribution in [2.24, 2.45) is 17.8 Å². The molecule has 2 saturated carbocycles. The zero-order chi connectivity index (χ0) is 13.1. The molecule has 0 radical (unpaired) electrons. The van der Waals surface area contributed by atoms with Gasteiger partial charge in [-0.05, 0) is 30.6 Å². The lowest BCUT2D eigenvalue weighted by molar-refractivity contribution is 0.176. The van der Waals surface area contributed by atoms with Crippen molar-refractivity contribution in [2.45, 2.75) is 44.9 Å². The first-order valence-corrected chi connectivity index (χ1v) is 8.42. The summed E-state index contributed by atoms with van der Waals surface area (Å²) >= 11 is 0. The number of nitrogens with zero attached hydrogens (tertiary/aromatic N) is 2. The molecule has 0 bridgehead atoms. The highest BCUT2D eigenvalue weighted by Gasteiger charge is 2.36. The molecule has 1 heterocycles. The van der Waals surface area contributed by atoms with Gasteiger partial charge in [-0.1, -0.05) is 38.2 Å². The Morgan fingerprint density at radius 2 is 1.74 bits per heavy atom. The third-order valence-corrected chi connectivity index (χ3v) is 5.74. The molecular weight excluding hydrogens is 232 g/mol. The summed E-state index contributed by atoms with van der Waals surface area (Å²) in [5.74, 6) is 3.15. The highest BCUT2D eigenvalue weighted by atomic mass is 15.4. The van der Waals surface area contributed by atoms with E-state index in [0.717, 1.165) is 24.3 Å². The Labute approximate surface area is 118 Å². The summed E-state index contributed by atoms with van der Waals surface area (Å²) in [5.41, 5.74) is 0. The molecule has 0 aromatic heterocycles. The summed E-state index contributed by atoms with van der Waals surface area (Å²) in [6, 6.07) is 0. The second kappa shape index (κ2) is 6.41. The minimum Gasteiger partial charge on any atom is -0.289 e. The topological polar surface area (TPSA) is 6.48 Å². The molecule has 2 aliphatic carbocycles. The van der Waals surface area contributed by atoms with E-state index in [1.54, 1.807) is 0 Å². The molecule has 3 rings (SSSR count). The van der Waals surface area contributed by atoms with E-state index in [-0.39, 0.29) is 0 Å². The van der Waals surface area contributed by atoms with Gasteiger partial charge in [0.15, 0.2) is 0 Å². The highest BCUT2D eigenvalue weighted by Crippen LogP contribution is 2.44. The molecular formula is C17H30N2. The molecule has 2 nitrogen and oxygen atoms in total. The predicted octanol–water partition coefficient (Wildman–Crippen LogP) is 3.35. The van der Waals surface area contributed by atoms with Gasteiger partial charge in [0.1, 0.15) is 0 Å². The lowest BCUT2D eigenvalue weighted by atomic mass is 9.82. The summed E-state index contributed by atoms with van der Waals surface area (Å²) in [4.78, 5) is 5.22. The van der Waals surface area contributed by atoms with E-state index >= 15 is 0 Å². The van der Waals surface area contributed by atoms with Gasteiger partial charge in [-0.3, -0.25) is 9.80 Å². The first-order chi connectivity index (χ1) is 9.36. The van der Waals surface area contributed by atoms with Crippen LogP contribution in [0.25, 0.3) is 0 Å². The zero-order valence-electron chi connectivity index (χ0n) is 12.4. The van der Waals surface area contributed by atoms with Crippen molar-refractivity contribution in [1.29, 1.82) is 0 Å². The number of hydrogen-bond acceptors (Lipinski definition) is 2. The van der Waals surface area contributed by atoms with E-state index in [4.69, 9.17) is 0 Å². The molecule has 19 heavy (non-hydrogen) atoms. The standard InChI is InChI=1S/C17H30N2/c1-2-10-18-11-12-19(14-18)13-16-8-5-9-17(16)15-6-3-4-7-15/h2,15-17H,1,3-14H2/t16-,17?/m0/s1. The molecule has 3 aliphatic rings. The van der Waals surface area contributed by atoms with Crippen LogP contribution in [0.1, 0.15) is 44.9 Å². The van der Waals surface area contributed by atoms with Gasteiger partial charge < -0.3 is 0 Å². The summed E-state index contributed by atoms with van der Waals surface area (Å²) in [7, 11) is 0. The van der Waals surface area contributed by atoms with Gasteiger partial charge in [0.05, 0.1) is 6.67 Å². The average molecular weight is 262 g/mol. The van der Waals surface area contributed by atoms with Gasteiger partial charge in [-0.2, -0.15) is 0 Å². The minimum atomic E-state index is 1.01. The Bertz CT molecular complexity index is 296. The van der Waals surface area contributed by atoms with E-state index in [0.29, 0.717) is 0 Å². The Hall–Kier alpha value is -0.340. The fourth-order valence-corrected chi connectivity index (χ4v) is 4.82. The highest BCUT2D eigenvalue weighted by molar-refractivity contribution is 4.88. The van der Waals surface area contributed by atoms with Gasteiger partial charge in [0.2, 0.25) is 0 Å². The molecule has 2 heteroatoms. The van der Waals surface area contributed by atoms with Crippen molar-refractivity contribution in [2.75, 3.05) is 32.8 Å². The fourth-order valence-electron chi connectivity index (χ4n) is 4.82. The van der Waals surface area contributed by atoms with Crippen LogP contribution in [0.2, 0.25) is 0 Å². The third kappa shape index (κ3) is 3.22. The zero-order valence-corrected chi connectivity index (χ0v) is 12.4. The van der Waals surface area contributed by atoms with Crippen molar-refractivity contribution < 1.29 is 0 Å². The van der Waals surface area contributed by atoms with Crippen LogP contribution in [0.15, 0.2) is 12.7 Å². The van der Waals surface area contributed by atoms with E-state index in [1.807, 2.05) is 6.08 Å². The van der Waals surface area contributed by atoms with Crippen molar-refractivity contribution in [3.63, 3.8) is 0 Å². The van der Waals surface area contributed by atoms with E-state index in [9.17, 15) is 0 Å². The summed E-state index contributed by atoms with van der Waals surface area (Å²) in [6.07, 6.45) is 12.6. The van der Waals surface area contributed by atoms with Crippen molar-refractivity contribution in [3.05, 3.63) is 12.7 Å². The second-order valence-electron chi connectivity index (χ2n) is 6.98. The lowest BCUT2D eigenvalue weighted by Gasteiger charge is -2.29. The second-order valence-corrected chi connectivity index (χ2v) is 6.98. The summed E-state index contributed by atoms with van der Waals surface area (Å²) < 4.78 is 0. The summed E-state index contributed by atoms with van der Waals surface area (Å²) in [5, 5.41) is 0. The normalized spacial score (nSPS) is 34.3. The van der Waals surface area contributed by atoms with Crippen LogP contribution >= 0.6 is 0 Å². The SMILES string of the molecule is C=CCN1CCN(C[C@@H]2CCCC2C2CCCC2)C1. The lowest BCUT2D eigenvalue weighted by Crippen LogP contribution is -2.32. The smallest absolute Gasteiger partial charge is 0.0510 e. The molecule has 0 spiro atoms. The van der Waals surface area contributed by atoms with E-state index in [1.165, 1.54) is 71.2 Å². The Morgan fingerprint density at radius 1 is 0.947 bits per heavy atom. The van der Waals surface area contributed by atoms with Crippen LogP contribution in [-0.4, -0.2) is 42.6 Å². The molecule has 0 N–H and O–H groups in total. The maximum atomic E-state index is 3.86. The van der Waals surface area contributed by atoms with Crippen LogP contribution in [0.5, 0.6) is 0 Å². The minimum absolute atomic E-state index is 1.01. The Kier molecular flexibility index (Phi) is 4.60. The molecule has 1 unspecified atom stereocenters. The van der Waals surface area contributed by atoms with Crippen LogP contribution in [0, 0.1) is 17.8 Å². The molecule has 108 valence electrons. The molecule has 3 fully saturated rings. The monoisotopic (exact) mass is 262 g/mol. The predicted molar refractivity (Wildman–Crippen MR) is 81.0 cm³/mol. The Balaban J connectivity index is 1.50. The maximum absolute atomic E-state index is 3.86. The van der Waals surface area contributed by atoms with Crippen molar-refractivity contribution in [1.82, 2.24) is 9.80 Å². The van der Waals surface area contributed by atoms with Crippen LogP contribution in [-0.2, 0) is 0 Å².